The highest BCUT2D eigenvalue weighted by Crippen LogP contribution is 2.30. The van der Waals surface area contributed by atoms with Gasteiger partial charge in [-0.15, -0.1) is 0 Å². The van der Waals surface area contributed by atoms with Gasteiger partial charge < -0.3 is 9.84 Å². The standard InChI is InChI=1S/C18H15NO4/c20-15(21)12-18(11-13-7-3-1-4-8-13)17(22)23-16(19-18)14-9-5-2-6-10-14/h1-10H,11-12H2,(H,20,21). The number of ether oxygens (including phenoxy) is 1. The highest BCUT2D eigenvalue weighted by atomic mass is 16.6. The van der Waals surface area contributed by atoms with Gasteiger partial charge in [-0.2, -0.15) is 0 Å². The van der Waals surface area contributed by atoms with Gasteiger partial charge in [0.25, 0.3) is 0 Å². The smallest absolute Gasteiger partial charge is 0.341 e. The molecule has 1 heterocycles. The van der Waals surface area contributed by atoms with E-state index in [1.165, 1.54) is 0 Å². The van der Waals surface area contributed by atoms with Crippen molar-refractivity contribution in [2.24, 2.45) is 4.99 Å². The van der Waals surface area contributed by atoms with Crippen molar-refractivity contribution in [2.75, 3.05) is 0 Å². The minimum Gasteiger partial charge on any atom is -0.481 e. The summed E-state index contributed by atoms with van der Waals surface area (Å²) in [5.41, 5.74) is 0.0724. The van der Waals surface area contributed by atoms with Gasteiger partial charge in [-0.3, -0.25) is 4.79 Å². The molecule has 0 saturated carbocycles. The Balaban J connectivity index is 1.99. The number of hydrogen-bond acceptors (Lipinski definition) is 4. The number of aliphatic imine (C=N–C) groups is 1. The first-order chi connectivity index (χ1) is 11.1. The molecule has 1 aliphatic rings. The number of carboxylic acids is 1. The van der Waals surface area contributed by atoms with E-state index in [9.17, 15) is 14.7 Å². The van der Waals surface area contributed by atoms with Crippen molar-refractivity contribution < 1.29 is 19.4 Å². The van der Waals surface area contributed by atoms with E-state index in [1.54, 1.807) is 24.3 Å². The zero-order chi connectivity index (χ0) is 16.3. The Morgan fingerprint density at radius 1 is 1.04 bits per heavy atom. The lowest BCUT2D eigenvalue weighted by Gasteiger charge is -2.19. The first kappa shape index (κ1) is 15.0. The maximum absolute atomic E-state index is 12.4. The fraction of sp³-hybridized carbons (Fsp3) is 0.167. The number of carboxylic acid groups (broad SMARTS) is 1. The van der Waals surface area contributed by atoms with E-state index in [0.717, 1.165) is 5.56 Å². The van der Waals surface area contributed by atoms with Crippen molar-refractivity contribution >= 4 is 17.8 Å². The Hall–Kier alpha value is -2.95. The maximum atomic E-state index is 12.4. The van der Waals surface area contributed by atoms with Crippen LogP contribution in [0.15, 0.2) is 65.7 Å². The number of cyclic esters (lactones) is 1. The number of aliphatic carboxylic acids is 1. The molecule has 1 atom stereocenters. The average molecular weight is 309 g/mol. The molecular formula is C18H15NO4. The largest absolute Gasteiger partial charge is 0.481 e. The number of carbonyl (C=O) groups is 2. The van der Waals surface area contributed by atoms with Crippen molar-refractivity contribution in [2.45, 2.75) is 18.4 Å². The molecule has 0 fully saturated rings. The van der Waals surface area contributed by atoms with Crippen LogP contribution in [0, 0.1) is 0 Å². The van der Waals surface area contributed by atoms with E-state index in [-0.39, 0.29) is 12.3 Å². The highest BCUT2D eigenvalue weighted by molar-refractivity contribution is 6.09. The average Bonchev–Trinajstić information content (AvgIpc) is 2.85. The van der Waals surface area contributed by atoms with Crippen molar-refractivity contribution in [1.29, 1.82) is 0 Å². The van der Waals surface area contributed by atoms with Gasteiger partial charge in [-0.1, -0.05) is 48.5 Å². The summed E-state index contributed by atoms with van der Waals surface area (Å²) in [6.07, 6.45) is -0.216. The van der Waals surface area contributed by atoms with E-state index in [4.69, 9.17) is 4.74 Å². The van der Waals surface area contributed by atoms with Gasteiger partial charge >= 0.3 is 11.9 Å². The van der Waals surface area contributed by atoms with Gasteiger partial charge in [0, 0.05) is 12.0 Å². The molecule has 0 bridgehead atoms. The van der Waals surface area contributed by atoms with Crippen LogP contribution in [0.25, 0.3) is 0 Å². The summed E-state index contributed by atoms with van der Waals surface area (Å²) in [6.45, 7) is 0. The van der Waals surface area contributed by atoms with Gasteiger partial charge in [-0.05, 0) is 17.7 Å². The Labute approximate surface area is 133 Å². The van der Waals surface area contributed by atoms with Crippen molar-refractivity contribution in [3.05, 3.63) is 71.8 Å². The number of esters is 1. The second-order valence-electron chi connectivity index (χ2n) is 5.44. The minimum absolute atomic E-state index is 0.174. The first-order valence-corrected chi connectivity index (χ1v) is 7.22. The highest BCUT2D eigenvalue weighted by Gasteiger charge is 2.48. The quantitative estimate of drug-likeness (QED) is 0.861. The molecule has 0 spiro atoms. The van der Waals surface area contributed by atoms with Gasteiger partial charge in [0.2, 0.25) is 5.90 Å². The Morgan fingerprint density at radius 2 is 1.65 bits per heavy atom. The van der Waals surface area contributed by atoms with Crippen LogP contribution < -0.4 is 0 Å². The Bertz CT molecular complexity index is 755. The fourth-order valence-corrected chi connectivity index (χ4v) is 2.62. The molecule has 0 saturated heterocycles. The molecule has 2 aromatic rings. The van der Waals surface area contributed by atoms with E-state index < -0.39 is 23.9 Å². The van der Waals surface area contributed by atoms with Crippen LogP contribution in [-0.2, 0) is 20.7 Å². The van der Waals surface area contributed by atoms with E-state index in [2.05, 4.69) is 4.99 Å². The maximum Gasteiger partial charge on any atom is 0.341 e. The topological polar surface area (TPSA) is 76.0 Å². The normalized spacial score (nSPS) is 20.0. The van der Waals surface area contributed by atoms with Crippen LogP contribution in [0.1, 0.15) is 17.5 Å². The molecule has 1 N–H and O–H groups in total. The molecule has 0 radical (unpaired) electrons. The number of benzene rings is 2. The van der Waals surface area contributed by atoms with Crippen LogP contribution in [0.3, 0.4) is 0 Å². The predicted molar refractivity (Wildman–Crippen MR) is 84.2 cm³/mol. The molecule has 0 amide bonds. The number of nitrogens with zero attached hydrogens (tertiary/aromatic N) is 1. The van der Waals surface area contributed by atoms with E-state index in [1.807, 2.05) is 36.4 Å². The summed E-state index contributed by atoms with van der Waals surface area (Å²) < 4.78 is 5.28. The molecule has 23 heavy (non-hydrogen) atoms. The lowest BCUT2D eigenvalue weighted by Crippen LogP contribution is -2.38. The fourth-order valence-electron chi connectivity index (χ4n) is 2.62. The lowest BCUT2D eigenvalue weighted by atomic mass is 9.88. The summed E-state index contributed by atoms with van der Waals surface area (Å²) in [5, 5.41) is 9.21. The van der Waals surface area contributed by atoms with Gasteiger partial charge in [0.05, 0.1) is 6.42 Å². The SMILES string of the molecule is O=C(O)CC1(Cc2ccccc2)N=C(c2ccccc2)OC1=O. The van der Waals surface area contributed by atoms with Crippen LogP contribution in [0.2, 0.25) is 0 Å². The molecule has 5 heteroatoms. The first-order valence-electron chi connectivity index (χ1n) is 7.22. The molecule has 0 aliphatic carbocycles. The van der Waals surface area contributed by atoms with Gasteiger partial charge in [0.15, 0.2) is 5.54 Å². The Kier molecular flexibility index (Phi) is 3.93. The monoisotopic (exact) mass is 309 g/mol. The van der Waals surface area contributed by atoms with Crippen molar-refractivity contribution in [1.82, 2.24) is 0 Å². The van der Waals surface area contributed by atoms with Crippen molar-refractivity contribution in [3.8, 4) is 0 Å². The second kappa shape index (κ2) is 6.04. The molecule has 1 aliphatic heterocycles. The molecule has 2 aromatic carbocycles. The van der Waals surface area contributed by atoms with Crippen LogP contribution in [0.5, 0.6) is 0 Å². The van der Waals surface area contributed by atoms with Crippen LogP contribution in [0.4, 0.5) is 0 Å². The van der Waals surface area contributed by atoms with E-state index in [0.29, 0.717) is 5.56 Å². The lowest BCUT2D eigenvalue weighted by molar-refractivity contribution is -0.146. The second-order valence-corrected chi connectivity index (χ2v) is 5.44. The summed E-state index contributed by atoms with van der Waals surface area (Å²) in [5.74, 6) is -1.54. The molecule has 116 valence electrons. The van der Waals surface area contributed by atoms with Gasteiger partial charge in [-0.25, -0.2) is 9.79 Å². The third kappa shape index (κ3) is 3.13. The molecule has 0 aromatic heterocycles. The molecule has 1 unspecified atom stereocenters. The molecular weight excluding hydrogens is 294 g/mol. The predicted octanol–water partition coefficient (Wildman–Crippen LogP) is 2.45. The third-order valence-electron chi connectivity index (χ3n) is 3.69. The van der Waals surface area contributed by atoms with E-state index >= 15 is 0 Å². The summed E-state index contributed by atoms with van der Waals surface area (Å²) in [6, 6.07) is 18.2. The third-order valence-corrected chi connectivity index (χ3v) is 3.69. The van der Waals surface area contributed by atoms with Crippen LogP contribution in [-0.4, -0.2) is 28.5 Å². The van der Waals surface area contributed by atoms with Gasteiger partial charge in [0.1, 0.15) is 0 Å². The summed E-state index contributed by atoms with van der Waals surface area (Å²) >= 11 is 0. The number of carbonyl (C=O) groups excluding carboxylic acids is 1. The van der Waals surface area contributed by atoms with Crippen molar-refractivity contribution in [3.63, 3.8) is 0 Å². The molecule has 3 rings (SSSR count). The van der Waals surface area contributed by atoms with Crippen LogP contribution >= 0.6 is 0 Å². The number of rotatable bonds is 5. The molecule has 5 nitrogen and oxygen atoms in total. The summed E-state index contributed by atoms with van der Waals surface area (Å²) in [4.78, 5) is 28.1. The zero-order valence-electron chi connectivity index (χ0n) is 12.3. The number of hydrogen-bond donors (Lipinski definition) is 1. The minimum atomic E-state index is -1.42. The zero-order valence-corrected chi connectivity index (χ0v) is 12.3. The Morgan fingerprint density at radius 3 is 2.26 bits per heavy atom. The summed E-state index contributed by atoms with van der Waals surface area (Å²) in [7, 11) is 0.